The predicted octanol–water partition coefficient (Wildman–Crippen LogP) is 3.72. The van der Waals surface area contributed by atoms with Crippen LogP contribution in [0.25, 0.3) is 23.0 Å². The van der Waals surface area contributed by atoms with Crippen LogP contribution in [-0.4, -0.2) is 46.3 Å². The first-order valence-electron chi connectivity index (χ1n) is 10.0. The van der Waals surface area contributed by atoms with Crippen LogP contribution in [0.2, 0.25) is 0 Å². The smallest absolute Gasteiger partial charge is 0.331 e. The van der Waals surface area contributed by atoms with E-state index in [4.69, 9.17) is 9.84 Å². The van der Waals surface area contributed by atoms with E-state index < -0.39 is 5.97 Å². The Morgan fingerprint density at radius 3 is 2.33 bits per heavy atom. The number of aromatic nitrogens is 2. The number of nitrogens with zero attached hydrogens (tertiary/aromatic N) is 3. The first kappa shape index (κ1) is 19.6. The summed E-state index contributed by atoms with van der Waals surface area (Å²) in [7, 11) is 0. The fourth-order valence-corrected chi connectivity index (χ4v) is 3.44. The van der Waals surface area contributed by atoms with Crippen LogP contribution >= 0.6 is 0 Å². The van der Waals surface area contributed by atoms with Crippen LogP contribution in [0.5, 0.6) is 0 Å². The Kier molecular flexibility index (Phi) is 6.03. The summed E-state index contributed by atoms with van der Waals surface area (Å²) in [6.07, 6.45) is 6.91. The molecule has 1 aliphatic heterocycles. The van der Waals surface area contributed by atoms with Crippen molar-refractivity contribution in [1.29, 1.82) is 0 Å². The summed E-state index contributed by atoms with van der Waals surface area (Å²) in [5, 5.41) is 4.71. The number of carbonyl (C=O) groups excluding carboxylic acids is 2. The second kappa shape index (κ2) is 9.22. The van der Waals surface area contributed by atoms with Gasteiger partial charge in [-0.15, -0.1) is 0 Å². The number of likely N-dealkylation sites (tertiary alicyclic amines) is 1. The topological polar surface area (TPSA) is 64.4 Å². The van der Waals surface area contributed by atoms with Crippen molar-refractivity contribution in [2.24, 2.45) is 0 Å². The minimum absolute atomic E-state index is 0.142. The van der Waals surface area contributed by atoms with Gasteiger partial charge >= 0.3 is 5.97 Å². The van der Waals surface area contributed by atoms with Crippen LogP contribution in [0.1, 0.15) is 18.4 Å². The lowest BCUT2D eigenvalue weighted by atomic mass is 10.1. The van der Waals surface area contributed by atoms with Crippen molar-refractivity contribution in [3.63, 3.8) is 0 Å². The van der Waals surface area contributed by atoms with Gasteiger partial charge in [0, 0.05) is 36.5 Å². The van der Waals surface area contributed by atoms with Crippen LogP contribution in [0.3, 0.4) is 0 Å². The van der Waals surface area contributed by atoms with Crippen molar-refractivity contribution >= 4 is 18.0 Å². The SMILES string of the molecule is O=C(C=Cc1cn(-c2ccccc2)nc1-c1ccccc1)OCC(=O)N1CCCC1. The molecule has 2 aromatic carbocycles. The number of ether oxygens (including phenoxy) is 1. The zero-order chi connectivity index (χ0) is 20.8. The normalized spacial score (nSPS) is 13.7. The first-order chi connectivity index (χ1) is 14.7. The molecule has 30 heavy (non-hydrogen) atoms. The van der Waals surface area contributed by atoms with E-state index in [0.29, 0.717) is 0 Å². The van der Waals surface area contributed by atoms with E-state index in [1.54, 1.807) is 15.7 Å². The van der Waals surface area contributed by atoms with E-state index in [1.165, 1.54) is 6.08 Å². The van der Waals surface area contributed by atoms with Gasteiger partial charge in [-0.1, -0.05) is 48.5 Å². The van der Waals surface area contributed by atoms with Crippen molar-refractivity contribution in [1.82, 2.24) is 14.7 Å². The Morgan fingerprint density at radius 1 is 0.967 bits per heavy atom. The number of hydrogen-bond acceptors (Lipinski definition) is 4. The Labute approximate surface area is 175 Å². The lowest BCUT2D eigenvalue weighted by molar-refractivity contribution is -0.147. The molecule has 0 bridgehead atoms. The number of benzene rings is 2. The first-order valence-corrected chi connectivity index (χ1v) is 10.0. The molecule has 0 spiro atoms. The molecule has 0 radical (unpaired) electrons. The third kappa shape index (κ3) is 4.66. The van der Waals surface area contributed by atoms with Crippen LogP contribution in [0.4, 0.5) is 0 Å². The van der Waals surface area contributed by atoms with Crippen LogP contribution in [0.15, 0.2) is 72.9 Å². The van der Waals surface area contributed by atoms with Crippen molar-refractivity contribution in [3.05, 3.63) is 78.5 Å². The molecule has 152 valence electrons. The quantitative estimate of drug-likeness (QED) is 0.467. The van der Waals surface area contributed by atoms with E-state index in [2.05, 4.69) is 0 Å². The van der Waals surface area contributed by atoms with Gasteiger partial charge in [-0.05, 0) is 31.1 Å². The molecular weight excluding hydrogens is 378 g/mol. The van der Waals surface area contributed by atoms with E-state index >= 15 is 0 Å². The van der Waals surface area contributed by atoms with E-state index in [1.807, 2.05) is 66.9 Å². The molecule has 1 saturated heterocycles. The summed E-state index contributed by atoms with van der Waals surface area (Å²) in [5.41, 5.74) is 3.42. The minimum atomic E-state index is -0.547. The monoisotopic (exact) mass is 401 g/mol. The summed E-state index contributed by atoms with van der Waals surface area (Å²) in [6.45, 7) is 1.26. The van der Waals surface area contributed by atoms with Crippen molar-refractivity contribution in [2.45, 2.75) is 12.8 Å². The molecule has 3 aromatic rings. The lowest BCUT2D eigenvalue weighted by Crippen LogP contribution is -2.31. The molecule has 2 heterocycles. The zero-order valence-electron chi connectivity index (χ0n) is 16.6. The molecule has 1 fully saturated rings. The third-order valence-corrected chi connectivity index (χ3v) is 5.01. The van der Waals surface area contributed by atoms with Crippen LogP contribution in [-0.2, 0) is 14.3 Å². The Morgan fingerprint density at radius 2 is 1.63 bits per heavy atom. The Balaban J connectivity index is 1.51. The molecule has 6 nitrogen and oxygen atoms in total. The molecule has 0 N–H and O–H groups in total. The molecule has 0 aliphatic carbocycles. The van der Waals surface area contributed by atoms with E-state index in [9.17, 15) is 9.59 Å². The average Bonchev–Trinajstić information content (AvgIpc) is 3.48. The summed E-state index contributed by atoms with van der Waals surface area (Å²) < 4.78 is 6.91. The average molecular weight is 401 g/mol. The highest BCUT2D eigenvalue weighted by molar-refractivity contribution is 5.90. The standard InChI is InChI=1S/C24H23N3O3/c28-22(26-15-7-8-16-26)18-30-23(29)14-13-20-17-27(21-11-5-2-6-12-21)25-24(20)19-9-3-1-4-10-19/h1-6,9-14,17H,7-8,15-16,18H2. The molecular formula is C24H23N3O3. The zero-order valence-corrected chi connectivity index (χ0v) is 16.6. The second-order valence-electron chi connectivity index (χ2n) is 7.11. The number of para-hydroxylation sites is 1. The van der Waals surface area contributed by atoms with Gasteiger partial charge in [0.2, 0.25) is 0 Å². The largest absolute Gasteiger partial charge is 0.452 e. The number of amides is 1. The highest BCUT2D eigenvalue weighted by atomic mass is 16.5. The highest BCUT2D eigenvalue weighted by Gasteiger charge is 2.18. The summed E-state index contributed by atoms with van der Waals surface area (Å²) in [4.78, 5) is 25.9. The Hall–Kier alpha value is -3.67. The third-order valence-electron chi connectivity index (χ3n) is 5.01. The maximum absolute atomic E-state index is 12.2. The van der Waals surface area contributed by atoms with Gasteiger partial charge < -0.3 is 9.64 Å². The minimum Gasteiger partial charge on any atom is -0.452 e. The van der Waals surface area contributed by atoms with Crippen LogP contribution < -0.4 is 0 Å². The molecule has 4 rings (SSSR count). The molecule has 0 unspecified atom stereocenters. The lowest BCUT2D eigenvalue weighted by Gasteiger charge is -2.14. The summed E-state index contributed by atoms with van der Waals surface area (Å²) in [5.74, 6) is -0.690. The maximum Gasteiger partial charge on any atom is 0.331 e. The molecule has 1 amide bonds. The summed E-state index contributed by atoms with van der Waals surface area (Å²) >= 11 is 0. The van der Waals surface area contributed by atoms with E-state index in [-0.39, 0.29) is 12.5 Å². The molecule has 6 heteroatoms. The molecule has 0 saturated carbocycles. The fraction of sp³-hybridized carbons (Fsp3) is 0.208. The second-order valence-corrected chi connectivity index (χ2v) is 7.11. The van der Waals surface area contributed by atoms with Gasteiger partial charge in [0.25, 0.3) is 5.91 Å². The predicted molar refractivity (Wildman–Crippen MR) is 115 cm³/mol. The molecule has 1 aliphatic rings. The number of rotatable bonds is 6. The van der Waals surface area contributed by atoms with Gasteiger partial charge in [-0.25, -0.2) is 9.48 Å². The number of esters is 1. The van der Waals surface area contributed by atoms with Gasteiger partial charge in [0.05, 0.1) is 11.4 Å². The van der Waals surface area contributed by atoms with Crippen molar-refractivity contribution in [3.8, 4) is 16.9 Å². The van der Waals surface area contributed by atoms with Crippen molar-refractivity contribution < 1.29 is 14.3 Å². The van der Waals surface area contributed by atoms with Gasteiger partial charge in [0.15, 0.2) is 6.61 Å². The van der Waals surface area contributed by atoms with Gasteiger partial charge in [0.1, 0.15) is 0 Å². The Bertz CT molecular complexity index is 1040. The summed E-state index contributed by atoms with van der Waals surface area (Å²) in [6, 6.07) is 19.6. The van der Waals surface area contributed by atoms with E-state index in [0.717, 1.165) is 48.4 Å². The number of carbonyl (C=O) groups is 2. The fourth-order valence-electron chi connectivity index (χ4n) is 3.44. The van der Waals surface area contributed by atoms with Gasteiger partial charge in [-0.3, -0.25) is 4.79 Å². The molecule has 0 atom stereocenters. The maximum atomic E-state index is 12.2. The van der Waals surface area contributed by atoms with Crippen molar-refractivity contribution in [2.75, 3.05) is 19.7 Å². The molecule has 1 aromatic heterocycles. The highest BCUT2D eigenvalue weighted by Crippen LogP contribution is 2.24. The van der Waals surface area contributed by atoms with Crippen LogP contribution in [0, 0.1) is 0 Å². The van der Waals surface area contributed by atoms with Gasteiger partial charge in [-0.2, -0.15) is 5.10 Å². The number of hydrogen-bond donors (Lipinski definition) is 0.